The topological polar surface area (TPSA) is 35.8 Å². The molecule has 0 amide bonds. The van der Waals surface area contributed by atoms with E-state index in [0.29, 0.717) is 5.56 Å². The molecule has 0 unspecified atom stereocenters. The highest BCUT2D eigenvalue weighted by atomic mass is 79.9. The summed E-state index contributed by atoms with van der Waals surface area (Å²) in [5, 5.41) is 14.6. The molecule has 0 fully saturated rings. The van der Waals surface area contributed by atoms with Gasteiger partial charge >= 0.3 is 0 Å². The summed E-state index contributed by atoms with van der Waals surface area (Å²) < 4.78 is 1.09. The number of rotatable bonds is 3. The fraction of sp³-hybridized carbons (Fsp3) is 0.0556. The van der Waals surface area contributed by atoms with E-state index in [1.54, 1.807) is 0 Å². The first-order valence-corrected chi connectivity index (χ1v) is 7.46. The van der Waals surface area contributed by atoms with Gasteiger partial charge in [-0.1, -0.05) is 40.2 Å². The second-order valence-corrected chi connectivity index (χ2v) is 5.78. The summed E-state index contributed by atoms with van der Waals surface area (Å²) in [6.45, 7) is 0.744. The first kappa shape index (κ1) is 13.7. The summed E-state index contributed by atoms with van der Waals surface area (Å²) in [5.41, 5.74) is 2.94. The van der Waals surface area contributed by atoms with Crippen molar-refractivity contribution in [3.05, 3.63) is 76.3 Å². The van der Waals surface area contributed by atoms with Gasteiger partial charge in [0.2, 0.25) is 0 Å². The Morgan fingerprint density at radius 2 is 1.62 bits per heavy atom. The molecule has 0 aromatic heterocycles. The molecule has 21 heavy (non-hydrogen) atoms. The van der Waals surface area contributed by atoms with Crippen molar-refractivity contribution in [2.45, 2.75) is 6.54 Å². The third-order valence-electron chi connectivity index (χ3n) is 3.38. The molecule has 1 N–H and O–H groups in total. The van der Waals surface area contributed by atoms with Gasteiger partial charge in [0.25, 0.3) is 0 Å². The van der Waals surface area contributed by atoms with Crippen molar-refractivity contribution < 1.29 is 0 Å². The van der Waals surface area contributed by atoms with Crippen molar-refractivity contribution >= 4 is 32.4 Å². The monoisotopic (exact) mass is 336 g/mol. The van der Waals surface area contributed by atoms with E-state index in [2.05, 4.69) is 57.6 Å². The van der Waals surface area contributed by atoms with Crippen LogP contribution in [0.4, 0.5) is 5.69 Å². The van der Waals surface area contributed by atoms with E-state index in [9.17, 15) is 0 Å². The summed E-state index contributed by atoms with van der Waals surface area (Å²) in [4.78, 5) is 0. The van der Waals surface area contributed by atoms with Gasteiger partial charge in [0.1, 0.15) is 0 Å². The van der Waals surface area contributed by atoms with Crippen LogP contribution in [0.5, 0.6) is 0 Å². The van der Waals surface area contributed by atoms with Crippen LogP contribution in [0.1, 0.15) is 11.1 Å². The van der Waals surface area contributed by atoms with E-state index in [4.69, 9.17) is 5.26 Å². The molecule has 0 atom stereocenters. The minimum absolute atomic E-state index is 0.690. The Bertz CT molecular complexity index is 817. The van der Waals surface area contributed by atoms with Crippen LogP contribution in [0.25, 0.3) is 10.8 Å². The van der Waals surface area contributed by atoms with Crippen molar-refractivity contribution in [1.82, 2.24) is 0 Å². The maximum atomic E-state index is 8.79. The van der Waals surface area contributed by atoms with E-state index in [-0.39, 0.29) is 0 Å². The van der Waals surface area contributed by atoms with Crippen LogP contribution in [0.15, 0.2) is 65.1 Å². The Balaban J connectivity index is 1.75. The molecule has 0 radical (unpaired) electrons. The van der Waals surface area contributed by atoms with Gasteiger partial charge < -0.3 is 5.32 Å². The van der Waals surface area contributed by atoms with Crippen LogP contribution < -0.4 is 5.32 Å². The van der Waals surface area contributed by atoms with Gasteiger partial charge in [0, 0.05) is 16.7 Å². The van der Waals surface area contributed by atoms with Crippen molar-refractivity contribution in [3.8, 4) is 6.07 Å². The normalized spacial score (nSPS) is 10.3. The molecule has 0 aliphatic rings. The quantitative estimate of drug-likeness (QED) is 0.723. The predicted octanol–water partition coefficient (Wildman–Crippen LogP) is 5.09. The molecule has 3 heteroatoms. The molecular formula is C18H13BrN2. The largest absolute Gasteiger partial charge is 0.381 e. The number of halogens is 1. The van der Waals surface area contributed by atoms with Gasteiger partial charge in [-0.2, -0.15) is 5.26 Å². The highest BCUT2D eigenvalue weighted by Crippen LogP contribution is 2.23. The predicted molar refractivity (Wildman–Crippen MR) is 90.1 cm³/mol. The average molecular weight is 337 g/mol. The van der Waals surface area contributed by atoms with E-state index < -0.39 is 0 Å². The number of nitriles is 1. The lowest BCUT2D eigenvalue weighted by Gasteiger charge is -2.08. The Kier molecular flexibility index (Phi) is 3.89. The summed E-state index contributed by atoms with van der Waals surface area (Å²) in [6, 6.07) is 22.4. The lowest BCUT2D eigenvalue weighted by molar-refractivity contribution is 1.15. The minimum Gasteiger partial charge on any atom is -0.381 e. The second-order valence-electron chi connectivity index (χ2n) is 4.87. The third-order valence-corrected chi connectivity index (χ3v) is 3.88. The Hall–Kier alpha value is -2.31. The van der Waals surface area contributed by atoms with Crippen molar-refractivity contribution in [2.75, 3.05) is 5.32 Å². The molecule has 3 aromatic carbocycles. The zero-order valence-corrected chi connectivity index (χ0v) is 12.9. The van der Waals surface area contributed by atoms with E-state index >= 15 is 0 Å². The highest BCUT2D eigenvalue weighted by molar-refractivity contribution is 9.10. The van der Waals surface area contributed by atoms with Crippen LogP contribution in [0.2, 0.25) is 0 Å². The molecule has 0 saturated heterocycles. The van der Waals surface area contributed by atoms with Crippen molar-refractivity contribution in [2.24, 2.45) is 0 Å². The van der Waals surface area contributed by atoms with E-state index in [1.165, 1.54) is 10.8 Å². The lowest BCUT2D eigenvalue weighted by atomic mass is 10.1. The molecule has 0 aliphatic heterocycles. The number of hydrogen-bond acceptors (Lipinski definition) is 2. The molecule has 0 spiro atoms. The zero-order valence-electron chi connectivity index (χ0n) is 11.3. The highest BCUT2D eigenvalue weighted by Gasteiger charge is 1.99. The van der Waals surface area contributed by atoms with Gasteiger partial charge in [0.05, 0.1) is 11.6 Å². The fourth-order valence-corrected chi connectivity index (χ4v) is 2.61. The van der Waals surface area contributed by atoms with Crippen molar-refractivity contribution in [1.29, 1.82) is 5.26 Å². The molecule has 0 aliphatic carbocycles. The summed E-state index contributed by atoms with van der Waals surface area (Å²) in [6.07, 6.45) is 0. The number of hydrogen-bond donors (Lipinski definition) is 1. The molecule has 0 bridgehead atoms. The second kappa shape index (κ2) is 5.99. The van der Waals surface area contributed by atoms with Gasteiger partial charge in [0.15, 0.2) is 0 Å². The maximum Gasteiger partial charge on any atom is 0.0991 e. The number of nitrogens with zero attached hydrogens (tertiary/aromatic N) is 1. The molecule has 0 heterocycles. The van der Waals surface area contributed by atoms with E-state index in [0.717, 1.165) is 22.3 Å². The first-order chi connectivity index (χ1) is 10.2. The summed E-state index contributed by atoms with van der Waals surface area (Å²) >= 11 is 3.49. The zero-order chi connectivity index (χ0) is 14.7. The Labute approximate surface area is 132 Å². The standard InChI is InChI=1S/C18H13BrN2/c19-17-7-5-16-10-18(8-6-15(16)9-17)21-12-14-3-1-13(11-20)2-4-14/h1-10,21H,12H2. The minimum atomic E-state index is 0.690. The third kappa shape index (κ3) is 3.24. The van der Waals surface area contributed by atoms with Crippen LogP contribution in [-0.2, 0) is 6.54 Å². The number of nitrogens with one attached hydrogen (secondary N) is 1. The number of anilines is 1. The van der Waals surface area contributed by atoms with Gasteiger partial charge in [-0.15, -0.1) is 0 Å². The number of benzene rings is 3. The van der Waals surface area contributed by atoms with Gasteiger partial charge in [-0.25, -0.2) is 0 Å². The molecule has 3 rings (SSSR count). The smallest absolute Gasteiger partial charge is 0.0991 e. The van der Waals surface area contributed by atoms with Gasteiger partial charge in [-0.3, -0.25) is 0 Å². The number of fused-ring (bicyclic) bond motifs is 1. The Morgan fingerprint density at radius 3 is 2.38 bits per heavy atom. The molecular weight excluding hydrogens is 324 g/mol. The Morgan fingerprint density at radius 1 is 0.905 bits per heavy atom. The lowest BCUT2D eigenvalue weighted by Crippen LogP contribution is -1.99. The first-order valence-electron chi connectivity index (χ1n) is 6.67. The van der Waals surface area contributed by atoms with Crippen LogP contribution in [-0.4, -0.2) is 0 Å². The van der Waals surface area contributed by atoms with Crippen molar-refractivity contribution in [3.63, 3.8) is 0 Å². The molecule has 0 saturated carbocycles. The van der Waals surface area contributed by atoms with Crippen LogP contribution in [0.3, 0.4) is 0 Å². The molecule has 2 nitrogen and oxygen atoms in total. The van der Waals surface area contributed by atoms with Crippen LogP contribution in [0, 0.1) is 11.3 Å². The maximum absolute atomic E-state index is 8.79. The average Bonchev–Trinajstić information content (AvgIpc) is 2.53. The fourth-order valence-electron chi connectivity index (χ4n) is 2.23. The SMILES string of the molecule is N#Cc1ccc(CNc2ccc3cc(Br)ccc3c2)cc1. The summed E-state index contributed by atoms with van der Waals surface area (Å²) in [7, 11) is 0. The summed E-state index contributed by atoms with van der Waals surface area (Å²) in [5.74, 6) is 0. The van der Waals surface area contributed by atoms with E-state index in [1.807, 2.05) is 30.3 Å². The van der Waals surface area contributed by atoms with Crippen LogP contribution >= 0.6 is 15.9 Å². The molecule has 102 valence electrons. The molecule has 3 aromatic rings. The van der Waals surface area contributed by atoms with Gasteiger partial charge in [-0.05, 0) is 52.7 Å².